The number of carbonyl (C=O) groups excluding carboxylic acids is 2. The Kier molecular flexibility index (Phi) is 5.55. The molecule has 3 rings (SSSR count). The molecule has 2 heterocycles. The molecule has 0 aliphatic carbocycles. The highest BCUT2D eigenvalue weighted by atomic mass is 79.9. The predicted octanol–water partition coefficient (Wildman–Crippen LogP) is 3.14. The molecule has 1 aliphatic heterocycles. The predicted molar refractivity (Wildman–Crippen MR) is 96.5 cm³/mol. The quantitative estimate of drug-likeness (QED) is 0.816. The van der Waals surface area contributed by atoms with Gasteiger partial charge in [0.15, 0.2) is 10.4 Å². The van der Waals surface area contributed by atoms with Gasteiger partial charge in [0.1, 0.15) is 0 Å². The number of piperidine rings is 1. The summed E-state index contributed by atoms with van der Waals surface area (Å²) in [7, 11) is 0. The number of hydrogen-bond acceptors (Lipinski definition) is 4. The summed E-state index contributed by atoms with van der Waals surface area (Å²) in [6.45, 7) is 1.40. The third-order valence-corrected chi connectivity index (χ3v) is 4.68. The molecule has 6 nitrogen and oxygen atoms in total. The molecule has 2 amide bonds. The van der Waals surface area contributed by atoms with Crippen molar-refractivity contribution in [3.05, 3.63) is 52.4 Å². The highest BCUT2D eigenvalue weighted by molar-refractivity contribution is 9.10. The van der Waals surface area contributed by atoms with Crippen LogP contribution in [0.3, 0.4) is 0 Å². The SMILES string of the molecule is O=C(Nc1ccc(C(=O)N2CCCC(CO)C2)cc1)c1ccc(Br)o1. The van der Waals surface area contributed by atoms with E-state index in [9.17, 15) is 14.7 Å². The van der Waals surface area contributed by atoms with Crippen LogP contribution in [0.2, 0.25) is 0 Å². The summed E-state index contributed by atoms with van der Waals surface area (Å²) >= 11 is 3.15. The number of hydrogen-bond donors (Lipinski definition) is 2. The molecule has 1 atom stereocenters. The number of furan rings is 1. The van der Waals surface area contributed by atoms with Gasteiger partial charge in [-0.1, -0.05) is 0 Å². The van der Waals surface area contributed by atoms with E-state index in [1.165, 1.54) is 0 Å². The molecule has 7 heteroatoms. The molecule has 132 valence electrons. The minimum absolute atomic E-state index is 0.0500. The highest BCUT2D eigenvalue weighted by Crippen LogP contribution is 2.20. The van der Waals surface area contributed by atoms with Gasteiger partial charge in [-0.25, -0.2) is 0 Å². The van der Waals surface area contributed by atoms with Crippen molar-refractivity contribution in [2.75, 3.05) is 25.0 Å². The van der Waals surface area contributed by atoms with Gasteiger partial charge in [-0.3, -0.25) is 9.59 Å². The van der Waals surface area contributed by atoms with E-state index >= 15 is 0 Å². The fraction of sp³-hybridized carbons (Fsp3) is 0.333. The molecule has 0 saturated carbocycles. The lowest BCUT2D eigenvalue weighted by Gasteiger charge is -2.31. The van der Waals surface area contributed by atoms with Crippen molar-refractivity contribution in [3.63, 3.8) is 0 Å². The summed E-state index contributed by atoms with van der Waals surface area (Å²) in [5.74, 6) is -0.0446. The van der Waals surface area contributed by atoms with Crippen LogP contribution >= 0.6 is 15.9 Å². The van der Waals surface area contributed by atoms with Gasteiger partial charge in [-0.15, -0.1) is 0 Å². The summed E-state index contributed by atoms with van der Waals surface area (Å²) in [6.07, 6.45) is 1.86. The largest absolute Gasteiger partial charge is 0.444 e. The zero-order chi connectivity index (χ0) is 17.8. The van der Waals surface area contributed by atoms with Crippen molar-refractivity contribution in [2.45, 2.75) is 12.8 Å². The van der Waals surface area contributed by atoms with Gasteiger partial charge in [-0.2, -0.15) is 0 Å². The summed E-state index contributed by atoms with van der Waals surface area (Å²) in [5.41, 5.74) is 1.15. The maximum atomic E-state index is 12.6. The van der Waals surface area contributed by atoms with Gasteiger partial charge in [0, 0.05) is 30.9 Å². The Morgan fingerprint density at radius 1 is 1.24 bits per heavy atom. The molecule has 25 heavy (non-hydrogen) atoms. The van der Waals surface area contributed by atoms with Crippen LogP contribution in [0, 0.1) is 5.92 Å². The molecule has 1 saturated heterocycles. The number of halogens is 1. The Morgan fingerprint density at radius 3 is 2.64 bits per heavy atom. The zero-order valence-electron chi connectivity index (χ0n) is 13.6. The second-order valence-corrected chi connectivity index (χ2v) is 6.86. The van der Waals surface area contributed by atoms with Crippen LogP contribution in [-0.4, -0.2) is 41.5 Å². The molecule has 1 aromatic carbocycles. The summed E-state index contributed by atoms with van der Waals surface area (Å²) in [6, 6.07) is 9.99. The number of aliphatic hydroxyl groups is 1. The third kappa shape index (κ3) is 4.29. The van der Waals surface area contributed by atoms with E-state index in [-0.39, 0.29) is 30.1 Å². The summed E-state index contributed by atoms with van der Waals surface area (Å²) < 4.78 is 5.69. The van der Waals surface area contributed by atoms with Gasteiger partial charge in [0.05, 0.1) is 0 Å². The molecule has 0 spiro atoms. The lowest BCUT2D eigenvalue weighted by Crippen LogP contribution is -2.40. The number of nitrogens with zero attached hydrogens (tertiary/aromatic N) is 1. The molecule has 0 bridgehead atoms. The number of aliphatic hydroxyl groups excluding tert-OH is 1. The Morgan fingerprint density at radius 2 is 2.00 bits per heavy atom. The van der Waals surface area contributed by atoms with Crippen LogP contribution in [0.15, 0.2) is 45.5 Å². The van der Waals surface area contributed by atoms with Crippen molar-refractivity contribution in [2.24, 2.45) is 5.92 Å². The topological polar surface area (TPSA) is 82.8 Å². The van der Waals surface area contributed by atoms with E-state index in [1.54, 1.807) is 41.3 Å². The molecule has 2 N–H and O–H groups in total. The summed E-state index contributed by atoms with van der Waals surface area (Å²) in [4.78, 5) is 26.4. The standard InChI is InChI=1S/C18H19BrN2O4/c19-16-8-7-15(25-16)17(23)20-14-5-3-13(4-6-14)18(24)21-9-1-2-12(10-21)11-22/h3-8,12,22H,1-2,9-11H2,(H,20,23). The smallest absolute Gasteiger partial charge is 0.291 e. The van der Waals surface area contributed by atoms with Crippen molar-refractivity contribution < 1.29 is 19.1 Å². The Labute approximate surface area is 153 Å². The molecule has 1 aliphatic rings. The Hall–Kier alpha value is -2.12. The first-order valence-corrected chi connectivity index (χ1v) is 8.93. The average Bonchev–Trinajstić information content (AvgIpc) is 3.08. The van der Waals surface area contributed by atoms with Crippen molar-refractivity contribution in [1.82, 2.24) is 4.90 Å². The van der Waals surface area contributed by atoms with Crippen molar-refractivity contribution in [3.8, 4) is 0 Å². The molecule has 1 aromatic heterocycles. The van der Waals surface area contributed by atoms with E-state index in [4.69, 9.17) is 4.42 Å². The number of benzene rings is 1. The van der Waals surface area contributed by atoms with E-state index in [1.807, 2.05) is 0 Å². The minimum atomic E-state index is -0.355. The van der Waals surface area contributed by atoms with Gasteiger partial charge in [-0.05, 0) is 71.1 Å². The first-order valence-electron chi connectivity index (χ1n) is 8.13. The molecular weight excluding hydrogens is 388 g/mol. The average molecular weight is 407 g/mol. The van der Waals surface area contributed by atoms with Gasteiger partial charge < -0.3 is 19.7 Å². The monoisotopic (exact) mass is 406 g/mol. The number of rotatable bonds is 4. The maximum absolute atomic E-state index is 12.6. The first-order chi connectivity index (χ1) is 12.1. The van der Waals surface area contributed by atoms with E-state index in [0.717, 1.165) is 12.8 Å². The van der Waals surface area contributed by atoms with E-state index in [0.29, 0.717) is 29.0 Å². The van der Waals surface area contributed by atoms with Crippen molar-refractivity contribution >= 4 is 33.4 Å². The molecular formula is C18H19BrN2O4. The van der Waals surface area contributed by atoms with Gasteiger partial charge in [0.2, 0.25) is 0 Å². The van der Waals surface area contributed by atoms with Crippen LogP contribution in [0.1, 0.15) is 33.8 Å². The van der Waals surface area contributed by atoms with Crippen LogP contribution in [0.5, 0.6) is 0 Å². The highest BCUT2D eigenvalue weighted by Gasteiger charge is 2.24. The lowest BCUT2D eigenvalue weighted by molar-refractivity contribution is 0.0620. The number of likely N-dealkylation sites (tertiary alicyclic amines) is 1. The molecule has 1 unspecified atom stereocenters. The number of nitrogens with one attached hydrogen (secondary N) is 1. The first kappa shape index (κ1) is 17.7. The minimum Gasteiger partial charge on any atom is -0.444 e. The number of carbonyl (C=O) groups is 2. The van der Waals surface area contributed by atoms with Crippen molar-refractivity contribution in [1.29, 1.82) is 0 Å². The second-order valence-electron chi connectivity index (χ2n) is 6.08. The van der Waals surface area contributed by atoms with Crippen LogP contribution in [-0.2, 0) is 0 Å². The van der Waals surface area contributed by atoms with Gasteiger partial charge >= 0.3 is 0 Å². The van der Waals surface area contributed by atoms with Crippen LogP contribution in [0.4, 0.5) is 5.69 Å². The van der Waals surface area contributed by atoms with Gasteiger partial charge in [0.25, 0.3) is 11.8 Å². The third-order valence-electron chi connectivity index (χ3n) is 4.25. The molecule has 2 aromatic rings. The fourth-order valence-electron chi connectivity index (χ4n) is 2.91. The lowest BCUT2D eigenvalue weighted by atomic mass is 9.98. The normalized spacial score (nSPS) is 17.4. The second kappa shape index (κ2) is 7.84. The summed E-state index contributed by atoms with van der Waals surface area (Å²) in [5, 5.41) is 12.0. The van der Waals surface area contributed by atoms with Crippen LogP contribution in [0.25, 0.3) is 0 Å². The zero-order valence-corrected chi connectivity index (χ0v) is 15.2. The fourth-order valence-corrected chi connectivity index (χ4v) is 3.21. The number of amides is 2. The maximum Gasteiger partial charge on any atom is 0.291 e. The van der Waals surface area contributed by atoms with E-state index in [2.05, 4.69) is 21.2 Å². The number of anilines is 1. The van der Waals surface area contributed by atoms with Crippen LogP contribution < -0.4 is 5.32 Å². The molecule has 1 fully saturated rings. The Bertz CT molecular complexity index is 757. The van der Waals surface area contributed by atoms with E-state index < -0.39 is 0 Å². The molecule has 0 radical (unpaired) electrons. The Balaban J connectivity index is 1.63.